The van der Waals surface area contributed by atoms with E-state index in [1.165, 1.54) is 17.3 Å². The molecule has 132 valence electrons. The van der Waals surface area contributed by atoms with Crippen LogP contribution in [-0.4, -0.2) is 22.4 Å². The molecule has 5 heteroatoms. The van der Waals surface area contributed by atoms with Gasteiger partial charge in [0.05, 0.1) is 12.4 Å². The van der Waals surface area contributed by atoms with Gasteiger partial charge in [-0.2, -0.15) is 0 Å². The summed E-state index contributed by atoms with van der Waals surface area (Å²) in [6, 6.07) is 18.2. The number of aryl methyl sites for hydroxylation is 1. The topological polar surface area (TPSA) is 66.9 Å². The van der Waals surface area contributed by atoms with E-state index in [-0.39, 0.29) is 5.91 Å². The van der Waals surface area contributed by atoms with Gasteiger partial charge in [-0.3, -0.25) is 4.79 Å². The summed E-state index contributed by atoms with van der Waals surface area (Å²) in [5.74, 6) is 0.391. The van der Waals surface area contributed by atoms with Crippen LogP contribution in [0.15, 0.2) is 67.0 Å². The van der Waals surface area contributed by atoms with Crippen LogP contribution in [0.1, 0.15) is 28.5 Å². The highest BCUT2D eigenvalue weighted by Crippen LogP contribution is 2.15. The third-order valence-corrected chi connectivity index (χ3v) is 4.06. The number of rotatable bonds is 7. The zero-order valence-electron chi connectivity index (χ0n) is 14.8. The Balaban J connectivity index is 1.52. The van der Waals surface area contributed by atoms with E-state index in [4.69, 9.17) is 0 Å². The lowest BCUT2D eigenvalue weighted by molar-refractivity contribution is 0.0949. The standard InChI is InChI=1S/C21H22N4O/c1-2-16-8-10-18(11-9-16)25-20-15-23-19(14-24-20)21(26)22-13-12-17-6-4-3-5-7-17/h3-11,14-15H,2,12-13H2,1H3,(H,22,26)(H,24,25). The van der Waals surface area contributed by atoms with Gasteiger partial charge in [0, 0.05) is 12.2 Å². The lowest BCUT2D eigenvalue weighted by Gasteiger charge is -2.07. The van der Waals surface area contributed by atoms with Crippen LogP contribution in [-0.2, 0) is 12.8 Å². The predicted octanol–water partition coefficient (Wildman–Crippen LogP) is 3.76. The van der Waals surface area contributed by atoms with E-state index < -0.39 is 0 Å². The number of benzene rings is 2. The van der Waals surface area contributed by atoms with Crippen molar-refractivity contribution in [1.82, 2.24) is 15.3 Å². The van der Waals surface area contributed by atoms with Gasteiger partial charge in [0.1, 0.15) is 11.5 Å². The lowest BCUT2D eigenvalue weighted by Crippen LogP contribution is -2.26. The molecule has 1 amide bonds. The molecule has 2 aromatic carbocycles. The van der Waals surface area contributed by atoms with Gasteiger partial charge in [0.25, 0.3) is 5.91 Å². The van der Waals surface area contributed by atoms with Gasteiger partial charge in [-0.1, -0.05) is 49.4 Å². The summed E-state index contributed by atoms with van der Waals surface area (Å²) >= 11 is 0. The molecule has 1 heterocycles. The zero-order chi connectivity index (χ0) is 18.2. The van der Waals surface area contributed by atoms with Gasteiger partial charge in [-0.25, -0.2) is 9.97 Å². The van der Waals surface area contributed by atoms with Gasteiger partial charge < -0.3 is 10.6 Å². The van der Waals surface area contributed by atoms with Crippen molar-refractivity contribution in [2.24, 2.45) is 0 Å². The molecule has 5 nitrogen and oxygen atoms in total. The number of nitrogens with zero attached hydrogens (tertiary/aromatic N) is 2. The lowest BCUT2D eigenvalue weighted by atomic mass is 10.1. The second-order valence-corrected chi connectivity index (χ2v) is 5.95. The molecule has 3 aromatic rings. The Morgan fingerprint density at radius 3 is 2.35 bits per heavy atom. The fourth-order valence-corrected chi connectivity index (χ4v) is 2.54. The number of hydrogen-bond acceptors (Lipinski definition) is 4. The molecule has 0 spiro atoms. The van der Waals surface area contributed by atoms with E-state index in [1.807, 2.05) is 42.5 Å². The Morgan fingerprint density at radius 1 is 0.923 bits per heavy atom. The maximum absolute atomic E-state index is 12.1. The highest BCUT2D eigenvalue weighted by molar-refractivity contribution is 5.92. The largest absolute Gasteiger partial charge is 0.350 e. The van der Waals surface area contributed by atoms with Crippen molar-refractivity contribution in [1.29, 1.82) is 0 Å². The summed E-state index contributed by atoms with van der Waals surface area (Å²) in [5, 5.41) is 6.05. The second kappa shape index (κ2) is 8.76. The Bertz CT molecular complexity index is 830. The van der Waals surface area contributed by atoms with Crippen molar-refractivity contribution in [2.45, 2.75) is 19.8 Å². The van der Waals surface area contributed by atoms with E-state index in [9.17, 15) is 4.79 Å². The van der Waals surface area contributed by atoms with Crippen molar-refractivity contribution >= 4 is 17.4 Å². The highest BCUT2D eigenvalue weighted by atomic mass is 16.1. The molecule has 0 radical (unpaired) electrons. The van der Waals surface area contributed by atoms with Crippen LogP contribution in [0.2, 0.25) is 0 Å². The van der Waals surface area contributed by atoms with Crippen LogP contribution < -0.4 is 10.6 Å². The van der Waals surface area contributed by atoms with Gasteiger partial charge in [-0.05, 0) is 36.1 Å². The predicted molar refractivity (Wildman–Crippen MR) is 104 cm³/mol. The molecule has 0 atom stereocenters. The van der Waals surface area contributed by atoms with Crippen LogP contribution >= 0.6 is 0 Å². The Hall–Kier alpha value is -3.21. The minimum absolute atomic E-state index is 0.215. The Morgan fingerprint density at radius 2 is 1.69 bits per heavy atom. The summed E-state index contributed by atoms with van der Waals surface area (Å²) in [6.45, 7) is 2.69. The first-order valence-corrected chi connectivity index (χ1v) is 8.74. The first-order valence-electron chi connectivity index (χ1n) is 8.74. The van der Waals surface area contributed by atoms with E-state index in [0.29, 0.717) is 18.1 Å². The molecular weight excluding hydrogens is 324 g/mol. The molecule has 2 N–H and O–H groups in total. The number of anilines is 2. The van der Waals surface area contributed by atoms with E-state index in [0.717, 1.165) is 18.5 Å². The number of aromatic nitrogens is 2. The molecule has 0 saturated carbocycles. The number of nitrogens with one attached hydrogen (secondary N) is 2. The van der Waals surface area contributed by atoms with Crippen molar-refractivity contribution < 1.29 is 4.79 Å². The molecule has 0 aliphatic rings. The number of amides is 1. The molecule has 1 aromatic heterocycles. The minimum Gasteiger partial charge on any atom is -0.350 e. The molecule has 3 rings (SSSR count). The number of carbonyl (C=O) groups is 1. The van der Waals surface area contributed by atoms with Gasteiger partial charge in [0.2, 0.25) is 0 Å². The van der Waals surface area contributed by atoms with Crippen molar-refractivity contribution in [3.05, 3.63) is 83.8 Å². The third-order valence-electron chi connectivity index (χ3n) is 4.06. The van der Waals surface area contributed by atoms with Crippen molar-refractivity contribution in [3.63, 3.8) is 0 Å². The molecular formula is C21H22N4O. The monoisotopic (exact) mass is 346 g/mol. The van der Waals surface area contributed by atoms with Crippen LogP contribution in [0.25, 0.3) is 0 Å². The van der Waals surface area contributed by atoms with Gasteiger partial charge >= 0.3 is 0 Å². The van der Waals surface area contributed by atoms with E-state index >= 15 is 0 Å². The maximum atomic E-state index is 12.1. The molecule has 26 heavy (non-hydrogen) atoms. The first-order chi connectivity index (χ1) is 12.7. The molecule has 0 saturated heterocycles. The minimum atomic E-state index is -0.215. The van der Waals surface area contributed by atoms with E-state index in [2.05, 4.69) is 39.7 Å². The average Bonchev–Trinajstić information content (AvgIpc) is 2.70. The fraction of sp³-hybridized carbons (Fsp3) is 0.190. The smallest absolute Gasteiger partial charge is 0.271 e. The van der Waals surface area contributed by atoms with Crippen molar-refractivity contribution in [3.8, 4) is 0 Å². The van der Waals surface area contributed by atoms with Crippen molar-refractivity contribution in [2.75, 3.05) is 11.9 Å². The third kappa shape index (κ3) is 4.89. The molecule has 0 aliphatic carbocycles. The van der Waals surface area contributed by atoms with Crippen LogP contribution in [0, 0.1) is 0 Å². The Labute approximate surface area is 153 Å². The first kappa shape index (κ1) is 17.6. The van der Waals surface area contributed by atoms with E-state index in [1.54, 1.807) is 6.20 Å². The fourth-order valence-electron chi connectivity index (χ4n) is 2.54. The number of hydrogen-bond donors (Lipinski definition) is 2. The SMILES string of the molecule is CCc1ccc(Nc2cnc(C(=O)NCCc3ccccc3)cn2)cc1. The zero-order valence-corrected chi connectivity index (χ0v) is 14.8. The molecule has 0 unspecified atom stereocenters. The maximum Gasteiger partial charge on any atom is 0.271 e. The average molecular weight is 346 g/mol. The number of carbonyl (C=O) groups excluding carboxylic acids is 1. The quantitative estimate of drug-likeness (QED) is 0.684. The summed E-state index contributed by atoms with van der Waals surface area (Å²) in [6.07, 6.45) is 4.85. The van der Waals surface area contributed by atoms with Gasteiger partial charge in [0.15, 0.2) is 0 Å². The summed E-state index contributed by atoms with van der Waals surface area (Å²) in [5.41, 5.74) is 3.72. The highest BCUT2D eigenvalue weighted by Gasteiger charge is 2.07. The second-order valence-electron chi connectivity index (χ2n) is 5.95. The van der Waals surface area contributed by atoms with Crippen LogP contribution in [0.5, 0.6) is 0 Å². The van der Waals surface area contributed by atoms with Crippen LogP contribution in [0.3, 0.4) is 0 Å². The normalized spacial score (nSPS) is 10.3. The van der Waals surface area contributed by atoms with Crippen LogP contribution in [0.4, 0.5) is 11.5 Å². The Kier molecular flexibility index (Phi) is 5.93. The molecule has 0 bridgehead atoms. The van der Waals surface area contributed by atoms with Gasteiger partial charge in [-0.15, -0.1) is 0 Å². The molecule has 0 aliphatic heterocycles. The summed E-state index contributed by atoms with van der Waals surface area (Å²) < 4.78 is 0. The summed E-state index contributed by atoms with van der Waals surface area (Å²) in [7, 11) is 0. The summed E-state index contributed by atoms with van der Waals surface area (Å²) in [4.78, 5) is 20.6. The molecule has 0 fully saturated rings.